The second-order valence-electron chi connectivity index (χ2n) is 2.25. The molecule has 1 aromatic carbocycles. The van der Waals surface area contributed by atoms with Crippen molar-refractivity contribution < 1.29 is 0 Å². The Labute approximate surface area is 63.7 Å². The summed E-state index contributed by atoms with van der Waals surface area (Å²) in [5, 5.41) is 1.43. The van der Waals surface area contributed by atoms with Crippen molar-refractivity contribution in [2.24, 2.45) is 0 Å². The van der Waals surface area contributed by atoms with Crippen LogP contribution >= 0.6 is 0 Å². The third-order valence-electron chi connectivity index (χ3n) is 1.54. The van der Waals surface area contributed by atoms with Crippen LogP contribution in [0.5, 0.6) is 0 Å². The molecule has 0 spiro atoms. The Morgan fingerprint density at radius 1 is 1.30 bits per heavy atom. The van der Waals surface area contributed by atoms with Crippen LogP contribution in [0.25, 0.3) is 0 Å². The first-order valence-corrected chi connectivity index (χ1v) is 5.43. The monoisotopic (exact) mass is 147 g/mol. The second kappa shape index (κ2) is 3.47. The molecule has 0 N–H and O–H groups in total. The van der Waals surface area contributed by atoms with E-state index in [1.165, 1.54) is 5.19 Å². The second-order valence-corrected chi connectivity index (χ2v) is 4.60. The first-order chi connectivity index (χ1) is 4.84. The minimum absolute atomic E-state index is 0.443. The Morgan fingerprint density at radius 3 is 2.40 bits per heavy atom. The fourth-order valence-electron chi connectivity index (χ4n) is 0.819. The van der Waals surface area contributed by atoms with Gasteiger partial charge in [0.05, 0.1) is 0 Å². The van der Waals surface area contributed by atoms with Crippen molar-refractivity contribution in [2.75, 3.05) is 0 Å². The van der Waals surface area contributed by atoms with Gasteiger partial charge in [-0.05, 0) is 12.1 Å². The molecule has 0 aliphatic heterocycles. The lowest BCUT2D eigenvalue weighted by Gasteiger charge is -1.95. The maximum atomic E-state index is 3.78. The summed E-state index contributed by atoms with van der Waals surface area (Å²) >= 11 is 0. The lowest BCUT2D eigenvalue weighted by Crippen LogP contribution is -2.18. The van der Waals surface area contributed by atoms with E-state index in [-0.39, 0.29) is 0 Å². The van der Waals surface area contributed by atoms with Gasteiger partial charge in [0.1, 0.15) is 0 Å². The molecule has 1 aromatic rings. The summed E-state index contributed by atoms with van der Waals surface area (Å²) in [6, 6.07) is 10.5. The molecule has 0 atom stereocenters. The summed E-state index contributed by atoms with van der Waals surface area (Å²) in [6.45, 7) is 6.03. The van der Waals surface area contributed by atoms with E-state index in [9.17, 15) is 0 Å². The summed E-state index contributed by atoms with van der Waals surface area (Å²) in [6.07, 6.45) is 0. The highest BCUT2D eigenvalue weighted by molar-refractivity contribution is 6.77. The molecule has 0 unspecified atom stereocenters. The van der Waals surface area contributed by atoms with Crippen LogP contribution in [0.4, 0.5) is 0 Å². The van der Waals surface area contributed by atoms with Gasteiger partial charge in [-0.2, -0.15) is 0 Å². The summed E-state index contributed by atoms with van der Waals surface area (Å²) in [5.41, 5.74) is 2.06. The zero-order chi connectivity index (χ0) is 7.40. The molecule has 51 valence electrons. The molecule has 0 fully saturated rings. The van der Waals surface area contributed by atoms with Gasteiger partial charge in [0.15, 0.2) is 0 Å². The Bertz CT molecular complexity index is 224. The number of benzene rings is 1. The largest absolute Gasteiger partial charge is 0.0994 e. The minimum Gasteiger partial charge on any atom is -0.0994 e. The van der Waals surface area contributed by atoms with Crippen molar-refractivity contribution in [3.05, 3.63) is 37.3 Å². The molecule has 0 aliphatic carbocycles. The normalized spacial score (nSPS) is 11.6. The molecular weight excluding hydrogens is 136 g/mol. The predicted molar refractivity (Wildman–Crippen MR) is 49.1 cm³/mol. The van der Waals surface area contributed by atoms with Gasteiger partial charge in [0, 0.05) is 8.41 Å². The molecular formula is C9H11Si. The molecule has 0 saturated heterocycles. The maximum absolute atomic E-state index is 3.78. The molecule has 10 heavy (non-hydrogen) atoms. The summed E-state index contributed by atoms with van der Waals surface area (Å²) in [7, 11) is -0.443. The first kappa shape index (κ1) is 7.41. The van der Waals surface area contributed by atoms with E-state index < -0.39 is 8.41 Å². The molecule has 1 rings (SSSR count). The SMILES string of the molecule is [CH2]C=[Si](C)c1ccccc1. The molecule has 0 bridgehead atoms. The van der Waals surface area contributed by atoms with Crippen molar-refractivity contribution in [1.29, 1.82) is 0 Å². The van der Waals surface area contributed by atoms with E-state index in [1.54, 1.807) is 0 Å². The Kier molecular flexibility index (Phi) is 2.57. The zero-order valence-corrected chi connectivity index (χ0v) is 7.17. The van der Waals surface area contributed by atoms with Gasteiger partial charge in [-0.3, -0.25) is 0 Å². The smallest absolute Gasteiger partial charge is 0.0384 e. The van der Waals surface area contributed by atoms with E-state index in [2.05, 4.69) is 43.4 Å². The molecule has 1 radical (unpaired) electrons. The number of hydrogen-bond donors (Lipinski definition) is 0. The molecule has 0 saturated carbocycles. The molecule has 1 heteroatoms. The van der Waals surface area contributed by atoms with Gasteiger partial charge in [0.25, 0.3) is 0 Å². The fraction of sp³-hybridized carbons (Fsp3) is 0.111. The van der Waals surface area contributed by atoms with Crippen LogP contribution in [-0.2, 0) is 0 Å². The maximum Gasteiger partial charge on any atom is 0.0384 e. The zero-order valence-electron chi connectivity index (χ0n) is 6.17. The van der Waals surface area contributed by atoms with E-state index in [0.29, 0.717) is 0 Å². The van der Waals surface area contributed by atoms with E-state index in [0.717, 1.165) is 0 Å². The molecule has 0 amide bonds. The van der Waals surface area contributed by atoms with Crippen molar-refractivity contribution in [3.8, 4) is 0 Å². The topological polar surface area (TPSA) is 0 Å². The number of hydrogen-bond acceptors (Lipinski definition) is 0. The van der Waals surface area contributed by atoms with Crippen LogP contribution in [0.15, 0.2) is 30.3 Å². The van der Waals surface area contributed by atoms with Crippen LogP contribution in [0.1, 0.15) is 0 Å². The van der Waals surface area contributed by atoms with Gasteiger partial charge >= 0.3 is 0 Å². The molecule has 0 aromatic heterocycles. The van der Waals surface area contributed by atoms with Gasteiger partial charge in [-0.15, -0.1) is 0 Å². The van der Waals surface area contributed by atoms with Crippen LogP contribution in [0.2, 0.25) is 6.55 Å². The third kappa shape index (κ3) is 1.64. The van der Waals surface area contributed by atoms with Crippen LogP contribution in [0, 0.1) is 6.92 Å². The van der Waals surface area contributed by atoms with Crippen LogP contribution in [0.3, 0.4) is 0 Å². The lowest BCUT2D eigenvalue weighted by molar-refractivity contribution is 1.76. The fourth-order valence-corrected chi connectivity index (χ4v) is 1.77. The van der Waals surface area contributed by atoms with Gasteiger partial charge in [-0.1, -0.05) is 42.6 Å². The highest BCUT2D eigenvalue weighted by Gasteiger charge is 1.90. The van der Waals surface area contributed by atoms with Gasteiger partial charge in [-0.25, -0.2) is 0 Å². The average Bonchev–Trinajstić information content (AvgIpc) is 2.05. The van der Waals surface area contributed by atoms with Crippen molar-refractivity contribution in [3.63, 3.8) is 0 Å². The summed E-state index contributed by atoms with van der Waals surface area (Å²) in [5.74, 6) is 0. The van der Waals surface area contributed by atoms with E-state index >= 15 is 0 Å². The highest BCUT2D eigenvalue weighted by Crippen LogP contribution is 1.82. The van der Waals surface area contributed by atoms with E-state index in [4.69, 9.17) is 0 Å². The van der Waals surface area contributed by atoms with Gasteiger partial charge < -0.3 is 0 Å². The highest BCUT2D eigenvalue weighted by atomic mass is 28.2. The van der Waals surface area contributed by atoms with Crippen LogP contribution in [-0.4, -0.2) is 14.1 Å². The standard InChI is InChI=1S/C9H11Si/c1-3-10(2)9-7-5-4-6-8-9/h3-8H,1H2,2H3. The van der Waals surface area contributed by atoms with Crippen molar-refractivity contribution >= 4 is 19.3 Å². The Balaban J connectivity index is 2.96. The van der Waals surface area contributed by atoms with E-state index in [1.807, 2.05) is 6.07 Å². The molecule has 0 heterocycles. The first-order valence-electron chi connectivity index (χ1n) is 3.36. The quantitative estimate of drug-likeness (QED) is 0.524. The predicted octanol–water partition coefficient (Wildman–Crippen LogP) is 1.24. The Morgan fingerprint density at radius 2 is 1.90 bits per heavy atom. The number of rotatable bonds is 1. The van der Waals surface area contributed by atoms with Crippen molar-refractivity contribution in [1.82, 2.24) is 0 Å². The van der Waals surface area contributed by atoms with Gasteiger partial charge in [0.2, 0.25) is 0 Å². The van der Waals surface area contributed by atoms with Crippen molar-refractivity contribution in [2.45, 2.75) is 6.55 Å². The summed E-state index contributed by atoms with van der Waals surface area (Å²) in [4.78, 5) is 0. The molecule has 0 aliphatic rings. The minimum atomic E-state index is -0.443. The lowest BCUT2D eigenvalue weighted by atomic mass is 10.4. The Hall–Kier alpha value is -0.693. The van der Waals surface area contributed by atoms with Crippen LogP contribution < -0.4 is 5.19 Å². The average molecular weight is 147 g/mol. The molecule has 0 nitrogen and oxygen atoms in total. The third-order valence-corrected chi connectivity index (χ3v) is 3.39. The summed E-state index contributed by atoms with van der Waals surface area (Å²) < 4.78 is 0.